The van der Waals surface area contributed by atoms with Gasteiger partial charge in [0.25, 0.3) is 0 Å². The van der Waals surface area contributed by atoms with Gasteiger partial charge < -0.3 is 9.84 Å². The minimum atomic E-state index is -0.776. The van der Waals surface area contributed by atoms with E-state index in [0.717, 1.165) is 31.1 Å². The van der Waals surface area contributed by atoms with E-state index in [1.54, 1.807) is 12.1 Å². The molecule has 0 fully saturated rings. The average molecular weight is 419 g/mol. The molecule has 0 heterocycles. The molecule has 0 aromatic heterocycles. The van der Waals surface area contributed by atoms with Crippen LogP contribution in [0.4, 0.5) is 0 Å². The van der Waals surface area contributed by atoms with Gasteiger partial charge in [-0.25, -0.2) is 4.79 Å². The third kappa shape index (κ3) is 13.1. The molecule has 30 heavy (non-hydrogen) atoms. The molecule has 3 heteroatoms. The first-order valence-corrected chi connectivity index (χ1v) is 12.1. The maximum absolute atomic E-state index is 12.0. The molecule has 1 aromatic rings. The highest BCUT2D eigenvalue weighted by molar-refractivity contribution is 5.89. The third-order valence-corrected chi connectivity index (χ3v) is 6.17. The summed E-state index contributed by atoms with van der Waals surface area (Å²) in [6.07, 6.45) is 11.4. The molecule has 3 unspecified atom stereocenters. The highest BCUT2D eigenvalue weighted by Gasteiger charge is 2.21. The van der Waals surface area contributed by atoms with E-state index in [1.165, 1.54) is 38.5 Å². The van der Waals surface area contributed by atoms with Crippen molar-refractivity contribution in [2.75, 3.05) is 6.61 Å². The van der Waals surface area contributed by atoms with Crippen molar-refractivity contribution in [3.63, 3.8) is 0 Å². The minimum Gasteiger partial charge on any atom is -0.462 e. The van der Waals surface area contributed by atoms with Gasteiger partial charge in [-0.3, -0.25) is 0 Å². The van der Waals surface area contributed by atoms with Crippen LogP contribution in [0.15, 0.2) is 30.3 Å². The molecule has 3 atom stereocenters. The van der Waals surface area contributed by atoms with Gasteiger partial charge in [0.15, 0.2) is 0 Å². The van der Waals surface area contributed by atoms with Crippen molar-refractivity contribution < 1.29 is 14.6 Å². The van der Waals surface area contributed by atoms with Gasteiger partial charge in [-0.05, 0) is 43.2 Å². The van der Waals surface area contributed by atoms with E-state index in [4.69, 9.17) is 4.74 Å². The number of carbonyl (C=O) groups is 1. The van der Waals surface area contributed by atoms with Crippen LogP contribution in [0, 0.1) is 17.8 Å². The number of hydrogen-bond acceptors (Lipinski definition) is 3. The lowest BCUT2D eigenvalue weighted by atomic mass is 9.89. The lowest BCUT2D eigenvalue weighted by molar-refractivity contribution is 0.00813. The van der Waals surface area contributed by atoms with Gasteiger partial charge >= 0.3 is 5.97 Å². The fourth-order valence-electron chi connectivity index (χ4n) is 3.96. The summed E-state index contributed by atoms with van der Waals surface area (Å²) in [6, 6.07) is 9.00. The lowest BCUT2D eigenvalue weighted by Gasteiger charge is -2.24. The molecule has 0 radical (unpaired) electrons. The summed E-state index contributed by atoms with van der Waals surface area (Å²) < 4.78 is 5.31. The van der Waals surface area contributed by atoms with Crippen molar-refractivity contribution in [2.24, 2.45) is 17.8 Å². The summed E-state index contributed by atoms with van der Waals surface area (Å²) in [6.45, 7) is 11.5. The first kappa shape index (κ1) is 26.7. The summed E-state index contributed by atoms with van der Waals surface area (Å²) in [7, 11) is 0. The molecule has 172 valence electrons. The Morgan fingerprint density at radius 3 is 1.97 bits per heavy atom. The molecule has 0 amide bonds. The number of benzene rings is 1. The van der Waals surface area contributed by atoms with Gasteiger partial charge in [0, 0.05) is 6.42 Å². The van der Waals surface area contributed by atoms with Crippen LogP contribution in [-0.2, 0) is 4.74 Å². The monoisotopic (exact) mass is 418 g/mol. The molecular formula is C27H46O3. The number of esters is 1. The number of hydrogen-bond donors (Lipinski definition) is 1. The zero-order chi connectivity index (χ0) is 22.4. The number of rotatable bonds is 16. The average Bonchev–Trinajstić information content (AvgIpc) is 2.68. The highest BCUT2D eigenvalue weighted by Crippen LogP contribution is 2.24. The predicted molar refractivity (Wildman–Crippen MR) is 127 cm³/mol. The van der Waals surface area contributed by atoms with E-state index in [-0.39, 0.29) is 12.6 Å². The Kier molecular flexibility index (Phi) is 13.0. The molecule has 3 nitrogen and oxygen atoms in total. The molecule has 1 aromatic carbocycles. The van der Waals surface area contributed by atoms with Crippen LogP contribution in [0.25, 0.3) is 0 Å². The van der Waals surface area contributed by atoms with Crippen molar-refractivity contribution in [1.82, 2.24) is 0 Å². The van der Waals surface area contributed by atoms with Crippen molar-refractivity contribution >= 4 is 5.97 Å². The van der Waals surface area contributed by atoms with E-state index in [1.807, 2.05) is 25.1 Å². The highest BCUT2D eigenvalue weighted by atomic mass is 16.5. The van der Waals surface area contributed by atoms with Crippen molar-refractivity contribution in [3.8, 4) is 0 Å². The molecule has 0 aliphatic rings. The fraction of sp³-hybridized carbons (Fsp3) is 0.741. The summed E-state index contributed by atoms with van der Waals surface area (Å²) in [5.41, 5.74) is -0.220. The molecule has 1 rings (SSSR count). The van der Waals surface area contributed by atoms with Gasteiger partial charge in [0.2, 0.25) is 0 Å². The second-order valence-corrected chi connectivity index (χ2v) is 10.1. The van der Waals surface area contributed by atoms with Gasteiger partial charge in [-0.1, -0.05) is 97.3 Å². The zero-order valence-electron chi connectivity index (χ0n) is 20.2. The van der Waals surface area contributed by atoms with Crippen LogP contribution < -0.4 is 0 Å². The van der Waals surface area contributed by atoms with Crippen molar-refractivity contribution in [3.05, 3.63) is 35.9 Å². The molecular weight excluding hydrogens is 372 g/mol. The molecule has 0 bridgehead atoms. The number of carbonyl (C=O) groups excluding carboxylic acids is 1. The van der Waals surface area contributed by atoms with Crippen LogP contribution in [0.2, 0.25) is 0 Å². The standard InChI is InChI=1S/C27H46O3/c1-22(2)12-9-13-23(3)14-10-15-24(4)16-11-19-27(5,29)20-21-30-26(28)25-17-7-6-8-18-25/h6-8,17-18,22-24,29H,9-16,19-21H2,1-5H3. The minimum absolute atomic E-state index is 0.255. The van der Waals surface area contributed by atoms with Crippen molar-refractivity contribution in [2.45, 2.75) is 104 Å². The zero-order valence-corrected chi connectivity index (χ0v) is 20.2. The van der Waals surface area contributed by atoms with Crippen LogP contribution in [0.3, 0.4) is 0 Å². The van der Waals surface area contributed by atoms with Gasteiger partial charge in [0.1, 0.15) is 0 Å². The Bertz CT molecular complexity index is 565. The topological polar surface area (TPSA) is 46.5 Å². The van der Waals surface area contributed by atoms with Crippen LogP contribution in [0.5, 0.6) is 0 Å². The third-order valence-electron chi connectivity index (χ3n) is 6.17. The van der Waals surface area contributed by atoms with Crippen LogP contribution in [-0.4, -0.2) is 23.3 Å². The molecule has 0 saturated carbocycles. The van der Waals surface area contributed by atoms with E-state index < -0.39 is 5.60 Å². The second kappa shape index (κ2) is 14.6. The summed E-state index contributed by atoms with van der Waals surface area (Å²) >= 11 is 0. The maximum atomic E-state index is 12.0. The SMILES string of the molecule is CC(C)CCCC(C)CCCC(C)CCCC(C)(O)CCOC(=O)c1ccccc1. The fourth-order valence-corrected chi connectivity index (χ4v) is 3.96. The quantitative estimate of drug-likeness (QED) is 0.284. The molecule has 0 saturated heterocycles. The predicted octanol–water partition coefficient (Wildman–Crippen LogP) is 7.42. The smallest absolute Gasteiger partial charge is 0.338 e. The summed E-state index contributed by atoms with van der Waals surface area (Å²) in [4.78, 5) is 12.0. The molecule has 0 aliphatic heterocycles. The number of ether oxygens (including phenoxy) is 1. The van der Waals surface area contributed by atoms with Gasteiger partial charge in [0.05, 0.1) is 17.8 Å². The summed E-state index contributed by atoms with van der Waals surface area (Å²) in [5.74, 6) is 2.05. The lowest BCUT2D eigenvalue weighted by Crippen LogP contribution is -2.27. The Morgan fingerprint density at radius 1 is 0.867 bits per heavy atom. The van der Waals surface area contributed by atoms with Gasteiger partial charge in [-0.2, -0.15) is 0 Å². The Hall–Kier alpha value is -1.35. The Labute approximate surface area is 185 Å². The normalized spacial score (nSPS) is 15.6. The Balaban J connectivity index is 2.10. The Morgan fingerprint density at radius 2 is 1.40 bits per heavy atom. The van der Waals surface area contributed by atoms with E-state index in [0.29, 0.717) is 17.9 Å². The van der Waals surface area contributed by atoms with Crippen LogP contribution in [0.1, 0.15) is 109 Å². The van der Waals surface area contributed by atoms with E-state index >= 15 is 0 Å². The van der Waals surface area contributed by atoms with Crippen LogP contribution >= 0.6 is 0 Å². The second-order valence-electron chi connectivity index (χ2n) is 10.1. The van der Waals surface area contributed by atoms with E-state index in [9.17, 15) is 9.90 Å². The first-order chi connectivity index (χ1) is 14.2. The number of aliphatic hydroxyl groups is 1. The maximum Gasteiger partial charge on any atom is 0.338 e. The molecule has 1 N–H and O–H groups in total. The van der Waals surface area contributed by atoms with Gasteiger partial charge in [-0.15, -0.1) is 0 Å². The van der Waals surface area contributed by atoms with Crippen molar-refractivity contribution in [1.29, 1.82) is 0 Å². The molecule has 0 aliphatic carbocycles. The summed E-state index contributed by atoms with van der Waals surface area (Å²) in [5, 5.41) is 10.6. The first-order valence-electron chi connectivity index (χ1n) is 12.1. The molecule has 0 spiro atoms. The largest absolute Gasteiger partial charge is 0.462 e. The van der Waals surface area contributed by atoms with E-state index in [2.05, 4.69) is 27.7 Å².